The molecule has 12 rings (SSSR count). The van der Waals surface area contributed by atoms with Crippen LogP contribution in [0.25, 0.3) is 44.2 Å². The molecule has 60 heavy (non-hydrogen) atoms. The van der Waals surface area contributed by atoms with E-state index in [0.717, 1.165) is 44.9 Å². The van der Waals surface area contributed by atoms with Gasteiger partial charge in [0.05, 0.1) is 27.6 Å². The minimum atomic E-state index is -0.283. The molecule has 0 saturated heterocycles. The van der Waals surface area contributed by atoms with Gasteiger partial charge in [-0.2, -0.15) is 5.32 Å². The molecular weight excluding hydrogens is 727 g/mol. The minimum Gasteiger partial charge on any atom is -0.313 e. The Morgan fingerprint density at radius 3 is 2.32 bits per heavy atom. The lowest BCUT2D eigenvalue weighted by Gasteiger charge is -2.39. The molecule has 7 aliphatic rings. The van der Waals surface area contributed by atoms with Crippen molar-refractivity contribution in [3.8, 4) is 11.1 Å². The van der Waals surface area contributed by atoms with Gasteiger partial charge in [-0.25, -0.2) is 0 Å². The number of quaternary nitrogens is 1. The Labute approximate surface area is 354 Å². The smallest absolute Gasteiger partial charge is 0.313 e. The summed E-state index contributed by atoms with van der Waals surface area (Å²) in [5.74, 6) is 1.49. The second kappa shape index (κ2) is 14.6. The summed E-state index contributed by atoms with van der Waals surface area (Å²) in [4.78, 5) is 0. The number of benzene rings is 4. The number of allylic oxidation sites excluding steroid dienone is 14. The molecule has 0 bridgehead atoms. The average Bonchev–Trinajstić information content (AvgIpc) is 3.79. The van der Waals surface area contributed by atoms with E-state index in [9.17, 15) is 0 Å². The van der Waals surface area contributed by atoms with Gasteiger partial charge in [0.2, 0.25) is 0 Å². The van der Waals surface area contributed by atoms with Crippen LogP contribution in [0.15, 0.2) is 186 Å². The zero-order chi connectivity index (χ0) is 39.6. The van der Waals surface area contributed by atoms with Crippen LogP contribution in [0.4, 0.5) is 0 Å². The highest BCUT2D eigenvalue weighted by atomic mass is 15.4. The number of fused-ring (bicyclic) bond motifs is 5. The maximum absolute atomic E-state index is 2.75. The highest BCUT2D eigenvalue weighted by Gasteiger charge is 2.51. The molecule has 0 fully saturated rings. The van der Waals surface area contributed by atoms with Crippen LogP contribution in [0.5, 0.6) is 0 Å². The number of amidine groups is 1. The van der Waals surface area contributed by atoms with Gasteiger partial charge in [-0.05, 0) is 140 Å². The van der Waals surface area contributed by atoms with Crippen molar-refractivity contribution in [1.82, 2.24) is 4.57 Å². The third-order valence-electron chi connectivity index (χ3n) is 14.7. The highest BCUT2D eigenvalue weighted by Crippen LogP contribution is 2.59. The Bertz CT molecular complexity index is 2910. The van der Waals surface area contributed by atoms with Gasteiger partial charge in [-0.3, -0.25) is 0 Å². The van der Waals surface area contributed by atoms with Crippen LogP contribution in [-0.2, 0) is 5.41 Å². The summed E-state index contributed by atoms with van der Waals surface area (Å²) in [5, 5.41) is 5.27. The largest absolute Gasteiger partial charge is 0.374 e. The van der Waals surface area contributed by atoms with Crippen LogP contribution in [0.3, 0.4) is 0 Å². The van der Waals surface area contributed by atoms with Crippen molar-refractivity contribution in [2.24, 2.45) is 0 Å². The van der Waals surface area contributed by atoms with Crippen molar-refractivity contribution in [3.05, 3.63) is 203 Å². The summed E-state index contributed by atoms with van der Waals surface area (Å²) in [6, 6.07) is 35.2. The molecule has 0 spiro atoms. The monoisotopic (exact) mass is 779 g/mol. The first-order chi connectivity index (χ1) is 29.8. The third-order valence-corrected chi connectivity index (χ3v) is 14.7. The van der Waals surface area contributed by atoms with Crippen LogP contribution in [0.2, 0.25) is 0 Å². The number of nitrogens with zero attached hydrogens (tertiary/aromatic N) is 2. The summed E-state index contributed by atoms with van der Waals surface area (Å²) >= 11 is 0. The molecule has 3 nitrogen and oxygen atoms in total. The van der Waals surface area contributed by atoms with Gasteiger partial charge in [0.15, 0.2) is 6.04 Å². The average molecular weight is 780 g/mol. The van der Waals surface area contributed by atoms with Crippen molar-refractivity contribution in [3.63, 3.8) is 0 Å². The molecule has 3 atom stereocenters. The minimum absolute atomic E-state index is 0.283. The summed E-state index contributed by atoms with van der Waals surface area (Å²) in [6.07, 6.45) is 41.5. The van der Waals surface area contributed by atoms with Crippen molar-refractivity contribution < 1.29 is 9.89 Å². The fourth-order valence-corrected chi connectivity index (χ4v) is 11.9. The third kappa shape index (κ3) is 5.55. The number of hydrogen-bond donors (Lipinski definition) is 1. The molecule has 3 unspecified atom stereocenters. The molecule has 1 aliphatic heterocycles. The van der Waals surface area contributed by atoms with Gasteiger partial charge in [0, 0.05) is 22.9 Å². The molecule has 3 heteroatoms. The van der Waals surface area contributed by atoms with Crippen molar-refractivity contribution in [2.45, 2.75) is 88.3 Å². The van der Waals surface area contributed by atoms with Gasteiger partial charge in [-0.15, -0.1) is 4.58 Å². The molecule has 0 amide bonds. The zero-order valence-corrected chi connectivity index (χ0v) is 34.5. The summed E-state index contributed by atoms with van der Waals surface area (Å²) < 4.78 is 5.41. The Morgan fingerprint density at radius 2 is 1.53 bits per heavy atom. The fraction of sp³-hybridized carbons (Fsp3) is 0.246. The van der Waals surface area contributed by atoms with E-state index in [2.05, 4.69) is 178 Å². The van der Waals surface area contributed by atoms with E-state index in [-0.39, 0.29) is 5.41 Å². The van der Waals surface area contributed by atoms with E-state index in [1.165, 1.54) is 104 Å². The summed E-state index contributed by atoms with van der Waals surface area (Å²) in [5.41, 5.74) is 18.2. The summed E-state index contributed by atoms with van der Waals surface area (Å²) in [7, 11) is 0. The first kappa shape index (κ1) is 35.9. The predicted molar refractivity (Wildman–Crippen MR) is 250 cm³/mol. The summed E-state index contributed by atoms with van der Waals surface area (Å²) in [6.45, 7) is 0. The van der Waals surface area contributed by atoms with Gasteiger partial charge >= 0.3 is 12.0 Å². The molecule has 0 saturated carbocycles. The van der Waals surface area contributed by atoms with Crippen LogP contribution >= 0.6 is 0 Å². The lowest BCUT2D eigenvalue weighted by Crippen LogP contribution is -3.06. The van der Waals surface area contributed by atoms with E-state index in [4.69, 9.17) is 0 Å². The number of aromatic nitrogens is 1. The van der Waals surface area contributed by atoms with Gasteiger partial charge in [-0.1, -0.05) is 133 Å². The highest BCUT2D eigenvalue weighted by molar-refractivity contribution is 6.13. The number of nitrogens with two attached hydrogens (primary N) is 1. The lowest BCUT2D eigenvalue weighted by atomic mass is 9.63. The van der Waals surface area contributed by atoms with Crippen molar-refractivity contribution in [2.75, 3.05) is 0 Å². The van der Waals surface area contributed by atoms with Crippen LogP contribution in [0.1, 0.15) is 87.3 Å². The van der Waals surface area contributed by atoms with Crippen molar-refractivity contribution in [1.29, 1.82) is 0 Å². The SMILES string of the molecule is C1=CCCC(C2(c3ccccc3)C3=C(C=CCC3)c3cc4c5ccc(-c6ccccc6)cc5n(C5=CC=C(C6[NH2+]C(C7=CCCCC7)=[N+]6C6C=CC=CC6)CC5)c4cc32)=C1. The second-order valence-corrected chi connectivity index (χ2v) is 17.9. The molecule has 0 radical (unpaired) electrons. The molecule has 5 aromatic rings. The molecule has 2 heterocycles. The van der Waals surface area contributed by atoms with E-state index in [1.54, 1.807) is 11.1 Å². The molecule has 4 aromatic carbocycles. The van der Waals surface area contributed by atoms with Gasteiger partial charge in [0.1, 0.15) is 0 Å². The Kier molecular flexibility index (Phi) is 8.73. The van der Waals surface area contributed by atoms with Crippen LogP contribution in [0, 0.1) is 0 Å². The van der Waals surface area contributed by atoms with E-state index in [1.807, 2.05) is 0 Å². The topological polar surface area (TPSA) is 24.5 Å². The molecule has 6 aliphatic carbocycles. The molecule has 294 valence electrons. The fourth-order valence-electron chi connectivity index (χ4n) is 11.9. The first-order valence-corrected chi connectivity index (χ1v) is 22.7. The van der Waals surface area contributed by atoms with E-state index in [0.29, 0.717) is 12.2 Å². The zero-order valence-electron chi connectivity index (χ0n) is 34.5. The maximum Gasteiger partial charge on any atom is 0.374 e. The van der Waals surface area contributed by atoms with Gasteiger partial charge in [0.25, 0.3) is 0 Å². The molecule has 1 aromatic heterocycles. The van der Waals surface area contributed by atoms with E-state index >= 15 is 0 Å². The van der Waals surface area contributed by atoms with Gasteiger partial charge < -0.3 is 4.57 Å². The standard InChI is InChI=1S/C57H51N3/c1-6-18-39(19-7-1)42-32-35-48-50-37-49-47-28-16-17-29-51(47)57(43-22-10-3-11-23-43,44-24-12-4-13-25-44)52(49)38-54(50)59(53(48)36-42)46-33-30-41(31-34-46)56-58-55(40-20-8-2-9-21-40)60(56)45-26-14-5-15-27-45/h1,3-7,10-12,14-16,18-20,22-24,26,28,30,32-33,35-38,45,56H,2,8-9,13,17,21,25,27,29,31,34H2/p+2. The Hall–Kier alpha value is -6.03. The number of rotatable bonds is 7. The second-order valence-electron chi connectivity index (χ2n) is 17.9. The lowest BCUT2D eigenvalue weighted by molar-refractivity contribution is -0.885. The quantitative estimate of drug-likeness (QED) is 0.159. The molecular formula is C57H53N3+2. The number of hydrogen-bond acceptors (Lipinski definition) is 0. The maximum atomic E-state index is 2.75. The molecule has 2 N–H and O–H groups in total. The Morgan fingerprint density at radius 1 is 0.667 bits per heavy atom. The first-order valence-electron chi connectivity index (χ1n) is 22.7. The van der Waals surface area contributed by atoms with Crippen molar-refractivity contribution >= 4 is 38.9 Å². The van der Waals surface area contributed by atoms with E-state index < -0.39 is 0 Å². The Balaban J connectivity index is 1.06. The van der Waals surface area contributed by atoms with Crippen LogP contribution in [-0.4, -0.2) is 27.2 Å². The van der Waals surface area contributed by atoms with Crippen LogP contribution < -0.4 is 5.32 Å². The predicted octanol–water partition coefficient (Wildman–Crippen LogP) is 12.4. The normalized spacial score (nSPS) is 24.6.